The van der Waals surface area contributed by atoms with Crippen molar-refractivity contribution in [3.63, 3.8) is 0 Å². The van der Waals surface area contributed by atoms with Gasteiger partial charge in [-0.05, 0) is 36.7 Å². The topological polar surface area (TPSA) is 67.5 Å². The summed E-state index contributed by atoms with van der Waals surface area (Å²) in [6.45, 7) is 1.87. The summed E-state index contributed by atoms with van der Waals surface area (Å²) in [4.78, 5) is 0. The number of hydrogen-bond donors (Lipinski definition) is 2. The van der Waals surface area contributed by atoms with Crippen molar-refractivity contribution in [3.05, 3.63) is 18.2 Å². The van der Waals surface area contributed by atoms with Gasteiger partial charge < -0.3 is 19.7 Å². The second-order valence-electron chi connectivity index (χ2n) is 4.23. The number of benzene rings is 1. The fourth-order valence-corrected chi connectivity index (χ4v) is 2.09. The maximum Gasteiger partial charge on any atom is 0.262 e. The van der Waals surface area contributed by atoms with Crippen LogP contribution in [0.15, 0.2) is 22.7 Å². The van der Waals surface area contributed by atoms with Gasteiger partial charge in [-0.3, -0.25) is 0 Å². The number of hydrogen-bond acceptors (Lipinski definition) is 5. The molecule has 1 atom stereocenters. The number of para-hydroxylation sites is 1. The minimum absolute atomic E-state index is 0.0895. The Hall–Kier alpha value is -1.75. The molecule has 1 aliphatic rings. The van der Waals surface area contributed by atoms with E-state index in [1.807, 2.05) is 6.07 Å². The number of nitrogens with zero attached hydrogens (tertiary/aromatic N) is 1. The molecule has 3 rings (SSSR count). The molecule has 5 nitrogen and oxygen atoms in total. The minimum atomic E-state index is 0.0895. The Labute approximate surface area is 98.4 Å². The molecule has 2 heterocycles. The number of piperidine rings is 1. The quantitative estimate of drug-likeness (QED) is 0.827. The third-order valence-electron chi connectivity index (χ3n) is 2.97. The summed E-state index contributed by atoms with van der Waals surface area (Å²) < 4.78 is 10.9. The number of rotatable bonds is 2. The Morgan fingerprint density at radius 2 is 2.41 bits per heavy atom. The first kappa shape index (κ1) is 10.4. The van der Waals surface area contributed by atoms with E-state index in [1.54, 1.807) is 12.1 Å². The molecule has 1 aliphatic heterocycles. The number of fused-ring (bicyclic) bond motifs is 1. The lowest BCUT2D eigenvalue weighted by atomic mass is 10.1. The molecule has 17 heavy (non-hydrogen) atoms. The van der Waals surface area contributed by atoms with Gasteiger partial charge in [0, 0.05) is 6.54 Å². The molecule has 90 valence electrons. The fraction of sp³-hybridized carbons (Fsp3) is 0.417. The lowest BCUT2D eigenvalue weighted by Gasteiger charge is -2.22. The fourth-order valence-electron chi connectivity index (χ4n) is 2.09. The molecule has 1 saturated heterocycles. The number of aromatic nitrogens is 1. The number of phenolic OH excluding ortho intramolecular Hbond substituents is 1. The van der Waals surface area contributed by atoms with Gasteiger partial charge in [-0.25, -0.2) is 0 Å². The van der Waals surface area contributed by atoms with E-state index in [1.165, 1.54) is 0 Å². The lowest BCUT2D eigenvalue weighted by molar-refractivity contribution is 0.155. The highest BCUT2D eigenvalue weighted by atomic mass is 16.5. The van der Waals surface area contributed by atoms with Crippen molar-refractivity contribution in [3.8, 4) is 11.6 Å². The zero-order chi connectivity index (χ0) is 11.7. The van der Waals surface area contributed by atoms with Crippen LogP contribution in [0.2, 0.25) is 0 Å². The van der Waals surface area contributed by atoms with E-state index in [2.05, 4.69) is 10.5 Å². The number of ether oxygens (including phenoxy) is 1. The molecule has 1 unspecified atom stereocenters. The van der Waals surface area contributed by atoms with Gasteiger partial charge in [0.1, 0.15) is 6.10 Å². The van der Waals surface area contributed by atoms with Crippen molar-refractivity contribution in [2.45, 2.75) is 18.9 Å². The first-order chi connectivity index (χ1) is 8.34. The van der Waals surface area contributed by atoms with E-state index in [-0.39, 0.29) is 11.9 Å². The van der Waals surface area contributed by atoms with Crippen LogP contribution in [-0.2, 0) is 0 Å². The molecular weight excluding hydrogens is 220 g/mol. The Balaban J connectivity index is 1.87. The van der Waals surface area contributed by atoms with Gasteiger partial charge in [0.2, 0.25) is 5.58 Å². The standard InChI is InChI=1S/C12H14N2O3/c15-10-5-1-4-9-11(10)17-14-12(9)16-8-3-2-6-13-7-8/h1,4-5,8,13,15H,2-3,6-7H2. The lowest BCUT2D eigenvalue weighted by Crippen LogP contribution is -2.37. The predicted octanol–water partition coefficient (Wildman–Crippen LogP) is 1.66. The Bertz CT molecular complexity index is 517. The molecule has 1 fully saturated rings. The van der Waals surface area contributed by atoms with Crippen molar-refractivity contribution in [2.75, 3.05) is 13.1 Å². The largest absolute Gasteiger partial charge is 0.504 e. The predicted molar refractivity (Wildman–Crippen MR) is 62.2 cm³/mol. The van der Waals surface area contributed by atoms with Gasteiger partial charge >= 0.3 is 0 Å². The summed E-state index contributed by atoms with van der Waals surface area (Å²) in [5.41, 5.74) is 0.381. The summed E-state index contributed by atoms with van der Waals surface area (Å²) >= 11 is 0. The highest BCUT2D eigenvalue weighted by Gasteiger charge is 2.19. The molecule has 0 bridgehead atoms. The average molecular weight is 234 g/mol. The second-order valence-corrected chi connectivity index (χ2v) is 4.23. The van der Waals surface area contributed by atoms with Crippen molar-refractivity contribution in [2.24, 2.45) is 0 Å². The van der Waals surface area contributed by atoms with Crippen LogP contribution < -0.4 is 10.1 Å². The molecule has 1 aromatic carbocycles. The van der Waals surface area contributed by atoms with Crippen LogP contribution in [0.1, 0.15) is 12.8 Å². The normalized spacial score (nSPS) is 20.6. The van der Waals surface area contributed by atoms with Crippen LogP contribution in [0.5, 0.6) is 11.6 Å². The number of nitrogens with one attached hydrogen (secondary N) is 1. The molecule has 2 aromatic rings. The van der Waals surface area contributed by atoms with Crippen LogP contribution in [0.3, 0.4) is 0 Å². The molecule has 2 N–H and O–H groups in total. The van der Waals surface area contributed by atoms with Crippen molar-refractivity contribution in [1.29, 1.82) is 0 Å². The highest BCUT2D eigenvalue weighted by Crippen LogP contribution is 2.31. The smallest absolute Gasteiger partial charge is 0.262 e. The Morgan fingerprint density at radius 3 is 3.24 bits per heavy atom. The SMILES string of the molecule is Oc1cccc2c(OC3CCCNC3)noc12. The summed E-state index contributed by atoms with van der Waals surface area (Å²) in [6.07, 6.45) is 2.24. The molecule has 0 radical (unpaired) electrons. The van der Waals surface area contributed by atoms with E-state index in [4.69, 9.17) is 9.26 Å². The number of aromatic hydroxyl groups is 1. The molecular formula is C12H14N2O3. The van der Waals surface area contributed by atoms with Crippen LogP contribution in [0.25, 0.3) is 11.0 Å². The first-order valence-corrected chi connectivity index (χ1v) is 5.79. The van der Waals surface area contributed by atoms with Crippen molar-refractivity contribution < 1.29 is 14.4 Å². The molecule has 1 aromatic heterocycles. The van der Waals surface area contributed by atoms with Crippen LogP contribution in [-0.4, -0.2) is 29.5 Å². The second kappa shape index (κ2) is 4.25. The summed E-state index contributed by atoms with van der Waals surface area (Å²) in [7, 11) is 0. The van der Waals surface area contributed by atoms with Gasteiger partial charge in [0.25, 0.3) is 5.88 Å². The number of phenols is 1. The van der Waals surface area contributed by atoms with E-state index < -0.39 is 0 Å². The third-order valence-corrected chi connectivity index (χ3v) is 2.97. The summed E-state index contributed by atoms with van der Waals surface area (Å²) in [5.74, 6) is 0.552. The van der Waals surface area contributed by atoms with E-state index in [0.717, 1.165) is 31.3 Å². The molecule has 0 amide bonds. The zero-order valence-electron chi connectivity index (χ0n) is 9.35. The van der Waals surface area contributed by atoms with Gasteiger partial charge in [-0.15, -0.1) is 0 Å². The van der Waals surface area contributed by atoms with Crippen LogP contribution in [0.4, 0.5) is 0 Å². The highest BCUT2D eigenvalue weighted by molar-refractivity contribution is 5.86. The monoisotopic (exact) mass is 234 g/mol. The van der Waals surface area contributed by atoms with E-state index >= 15 is 0 Å². The van der Waals surface area contributed by atoms with Crippen LogP contribution in [0, 0.1) is 0 Å². The van der Waals surface area contributed by atoms with Gasteiger partial charge in [-0.2, -0.15) is 0 Å². The average Bonchev–Trinajstić information content (AvgIpc) is 2.76. The maximum atomic E-state index is 9.59. The summed E-state index contributed by atoms with van der Waals surface area (Å²) in [5, 5.41) is 17.4. The minimum Gasteiger partial charge on any atom is -0.504 e. The Kier molecular flexibility index (Phi) is 2.60. The molecule has 0 saturated carbocycles. The van der Waals surface area contributed by atoms with E-state index in [9.17, 15) is 5.11 Å². The third kappa shape index (κ3) is 1.93. The first-order valence-electron chi connectivity index (χ1n) is 5.79. The zero-order valence-corrected chi connectivity index (χ0v) is 9.35. The van der Waals surface area contributed by atoms with Crippen LogP contribution >= 0.6 is 0 Å². The van der Waals surface area contributed by atoms with Crippen molar-refractivity contribution >= 4 is 11.0 Å². The molecule has 5 heteroatoms. The summed E-state index contributed by atoms with van der Waals surface area (Å²) in [6, 6.07) is 5.15. The molecule has 0 spiro atoms. The van der Waals surface area contributed by atoms with Crippen molar-refractivity contribution in [1.82, 2.24) is 10.5 Å². The van der Waals surface area contributed by atoms with E-state index in [0.29, 0.717) is 11.5 Å². The molecule has 0 aliphatic carbocycles. The van der Waals surface area contributed by atoms with Gasteiger partial charge in [0.05, 0.1) is 5.39 Å². The maximum absolute atomic E-state index is 9.59. The van der Waals surface area contributed by atoms with Gasteiger partial charge in [-0.1, -0.05) is 6.07 Å². The Morgan fingerprint density at radius 1 is 1.47 bits per heavy atom. The van der Waals surface area contributed by atoms with Gasteiger partial charge in [0.15, 0.2) is 5.75 Å².